The van der Waals surface area contributed by atoms with E-state index >= 15 is 0 Å². The van der Waals surface area contributed by atoms with Gasteiger partial charge in [-0.1, -0.05) is 36.1 Å². The Morgan fingerprint density at radius 2 is 1.76 bits per heavy atom. The van der Waals surface area contributed by atoms with Crippen LogP contribution in [0.15, 0.2) is 36.4 Å². The first-order chi connectivity index (χ1) is 11.9. The summed E-state index contributed by atoms with van der Waals surface area (Å²) in [6.07, 6.45) is 0. The van der Waals surface area contributed by atoms with Gasteiger partial charge in [0.05, 0.1) is 0 Å². The van der Waals surface area contributed by atoms with Gasteiger partial charge in [0.1, 0.15) is 0 Å². The van der Waals surface area contributed by atoms with Crippen LogP contribution in [0, 0.1) is 22.7 Å². The van der Waals surface area contributed by atoms with Crippen molar-refractivity contribution < 1.29 is 4.79 Å². The summed E-state index contributed by atoms with van der Waals surface area (Å²) in [5, 5.41) is 5.37. The molecule has 2 aliphatic heterocycles. The van der Waals surface area contributed by atoms with Gasteiger partial charge in [0.25, 0.3) is 5.91 Å². The number of likely N-dealkylation sites (tertiary alicyclic amines) is 1. The summed E-state index contributed by atoms with van der Waals surface area (Å²) < 4.78 is 0. The van der Waals surface area contributed by atoms with Crippen LogP contribution in [-0.4, -0.2) is 37.0 Å². The zero-order valence-electron chi connectivity index (χ0n) is 15.1. The maximum absolute atomic E-state index is 13.0. The second kappa shape index (κ2) is 5.61. The van der Waals surface area contributed by atoms with Gasteiger partial charge in [-0.3, -0.25) is 4.79 Å². The minimum Gasteiger partial charge on any atom is -0.337 e. The van der Waals surface area contributed by atoms with Crippen LogP contribution >= 0.6 is 0 Å². The SMILES string of the molecule is CC(C)(C)C#Cc1cccc2c(C(=O)N3CC4(CNC4)C3)cccc12. The molecular weight excluding hydrogens is 308 g/mol. The predicted octanol–water partition coefficient (Wildman–Crippen LogP) is 3.28. The molecule has 2 aromatic rings. The Hall–Kier alpha value is -2.31. The van der Waals surface area contributed by atoms with Crippen LogP contribution in [-0.2, 0) is 0 Å². The average Bonchev–Trinajstić information content (AvgIpc) is 2.48. The van der Waals surface area contributed by atoms with Crippen molar-refractivity contribution >= 4 is 16.7 Å². The number of benzene rings is 2. The molecule has 1 spiro atoms. The first-order valence-electron chi connectivity index (χ1n) is 8.92. The molecule has 3 nitrogen and oxygen atoms in total. The van der Waals surface area contributed by atoms with Crippen molar-refractivity contribution in [2.45, 2.75) is 20.8 Å². The fourth-order valence-corrected chi connectivity index (χ4v) is 3.64. The monoisotopic (exact) mass is 332 g/mol. The van der Waals surface area contributed by atoms with E-state index in [9.17, 15) is 4.79 Å². The third-order valence-corrected chi connectivity index (χ3v) is 5.06. The topological polar surface area (TPSA) is 32.3 Å². The minimum atomic E-state index is -0.0433. The van der Waals surface area contributed by atoms with Gasteiger partial charge in [-0.25, -0.2) is 0 Å². The van der Waals surface area contributed by atoms with E-state index in [1.165, 1.54) is 0 Å². The summed E-state index contributed by atoms with van der Waals surface area (Å²) in [4.78, 5) is 14.9. The number of nitrogens with one attached hydrogen (secondary N) is 1. The largest absolute Gasteiger partial charge is 0.337 e. The van der Waals surface area contributed by atoms with Gasteiger partial charge in [-0.15, -0.1) is 0 Å². The summed E-state index contributed by atoms with van der Waals surface area (Å²) in [6.45, 7) is 10.1. The van der Waals surface area contributed by atoms with Crippen molar-refractivity contribution in [2.75, 3.05) is 26.2 Å². The van der Waals surface area contributed by atoms with E-state index in [1.54, 1.807) is 0 Å². The van der Waals surface area contributed by atoms with Gasteiger partial charge in [0.15, 0.2) is 0 Å². The molecule has 0 unspecified atom stereocenters. The van der Waals surface area contributed by atoms with E-state index in [2.05, 4.69) is 44.0 Å². The molecule has 0 atom stereocenters. The van der Waals surface area contributed by atoms with E-state index in [-0.39, 0.29) is 11.3 Å². The molecule has 0 saturated carbocycles. The molecule has 25 heavy (non-hydrogen) atoms. The normalized spacial score (nSPS) is 18.3. The van der Waals surface area contributed by atoms with Gasteiger partial charge in [-0.2, -0.15) is 0 Å². The zero-order valence-corrected chi connectivity index (χ0v) is 15.1. The van der Waals surface area contributed by atoms with E-state index in [0.29, 0.717) is 5.41 Å². The van der Waals surface area contributed by atoms with Crippen LogP contribution in [0.4, 0.5) is 0 Å². The Balaban J connectivity index is 1.68. The van der Waals surface area contributed by atoms with Crippen molar-refractivity contribution in [2.24, 2.45) is 10.8 Å². The first-order valence-corrected chi connectivity index (χ1v) is 8.92. The van der Waals surface area contributed by atoms with Crippen LogP contribution in [0.3, 0.4) is 0 Å². The summed E-state index contributed by atoms with van der Waals surface area (Å²) in [7, 11) is 0. The van der Waals surface area contributed by atoms with Gasteiger partial charge < -0.3 is 10.2 Å². The molecule has 0 aliphatic carbocycles. The summed E-state index contributed by atoms with van der Waals surface area (Å²) in [5.41, 5.74) is 2.09. The van der Waals surface area contributed by atoms with Crippen molar-refractivity contribution in [3.8, 4) is 11.8 Å². The zero-order chi connectivity index (χ0) is 17.7. The van der Waals surface area contributed by atoms with Gasteiger partial charge in [0, 0.05) is 48.1 Å². The molecule has 4 rings (SSSR count). The molecule has 2 fully saturated rings. The molecule has 0 bridgehead atoms. The standard InChI is InChI=1S/C22H24N2O/c1-21(2,3)11-10-16-6-4-8-18-17(16)7-5-9-19(18)20(25)24-14-22(15-24)12-23-13-22/h4-9,23H,12-15H2,1-3H3. The molecule has 2 aliphatic rings. The lowest BCUT2D eigenvalue weighted by Crippen LogP contribution is -2.71. The Morgan fingerprint density at radius 1 is 1.08 bits per heavy atom. The lowest BCUT2D eigenvalue weighted by molar-refractivity contribution is -0.0247. The third kappa shape index (κ3) is 2.92. The Morgan fingerprint density at radius 3 is 2.40 bits per heavy atom. The molecule has 2 heterocycles. The summed E-state index contributed by atoms with van der Waals surface area (Å²) in [6, 6.07) is 12.0. The van der Waals surface area contributed by atoms with Crippen LogP contribution < -0.4 is 5.32 Å². The van der Waals surface area contributed by atoms with Crippen LogP contribution in [0.5, 0.6) is 0 Å². The summed E-state index contributed by atoms with van der Waals surface area (Å²) in [5.74, 6) is 6.74. The number of carbonyl (C=O) groups excluding carboxylic acids is 1. The number of hydrogen-bond donors (Lipinski definition) is 1. The molecule has 0 aromatic heterocycles. The van der Waals surface area contributed by atoms with E-state index in [1.807, 2.05) is 35.2 Å². The number of hydrogen-bond acceptors (Lipinski definition) is 2. The van der Waals surface area contributed by atoms with E-state index < -0.39 is 0 Å². The number of nitrogens with zero attached hydrogens (tertiary/aromatic N) is 1. The average molecular weight is 332 g/mol. The molecular formula is C22H24N2O. The highest BCUT2D eigenvalue weighted by atomic mass is 16.2. The quantitative estimate of drug-likeness (QED) is 0.813. The highest BCUT2D eigenvalue weighted by Gasteiger charge is 2.49. The molecule has 128 valence electrons. The molecule has 0 radical (unpaired) electrons. The molecule has 1 N–H and O–H groups in total. The van der Waals surface area contributed by atoms with E-state index in [4.69, 9.17) is 0 Å². The van der Waals surface area contributed by atoms with Crippen LogP contribution in [0.2, 0.25) is 0 Å². The maximum Gasteiger partial charge on any atom is 0.254 e. The number of amides is 1. The third-order valence-electron chi connectivity index (χ3n) is 5.06. The number of carbonyl (C=O) groups is 1. The molecule has 3 heteroatoms. The van der Waals surface area contributed by atoms with Crippen molar-refractivity contribution in [3.63, 3.8) is 0 Å². The van der Waals surface area contributed by atoms with Crippen molar-refractivity contribution in [1.29, 1.82) is 0 Å². The lowest BCUT2D eigenvalue weighted by atomic mass is 9.74. The number of fused-ring (bicyclic) bond motifs is 1. The predicted molar refractivity (Wildman–Crippen MR) is 101 cm³/mol. The molecule has 2 saturated heterocycles. The highest BCUT2D eigenvalue weighted by molar-refractivity contribution is 6.08. The van der Waals surface area contributed by atoms with Crippen molar-refractivity contribution in [3.05, 3.63) is 47.5 Å². The Kier molecular flexibility index (Phi) is 3.63. The second-order valence-corrected chi connectivity index (χ2v) is 8.47. The van der Waals surface area contributed by atoms with Gasteiger partial charge >= 0.3 is 0 Å². The Labute approximate surface area is 149 Å². The summed E-state index contributed by atoms with van der Waals surface area (Å²) >= 11 is 0. The number of rotatable bonds is 1. The van der Waals surface area contributed by atoms with Crippen molar-refractivity contribution in [1.82, 2.24) is 10.2 Å². The van der Waals surface area contributed by atoms with Crippen LogP contribution in [0.1, 0.15) is 36.7 Å². The van der Waals surface area contributed by atoms with Gasteiger partial charge in [-0.05, 0) is 43.7 Å². The minimum absolute atomic E-state index is 0.0433. The highest BCUT2D eigenvalue weighted by Crippen LogP contribution is 2.35. The smallest absolute Gasteiger partial charge is 0.254 e. The van der Waals surface area contributed by atoms with Gasteiger partial charge in [0.2, 0.25) is 0 Å². The molecule has 2 aromatic carbocycles. The second-order valence-electron chi connectivity index (χ2n) is 8.47. The van der Waals surface area contributed by atoms with Crippen LogP contribution in [0.25, 0.3) is 10.8 Å². The van der Waals surface area contributed by atoms with E-state index in [0.717, 1.165) is 48.1 Å². The Bertz CT molecular complexity index is 899. The fourth-order valence-electron chi connectivity index (χ4n) is 3.64. The first kappa shape index (κ1) is 16.2. The maximum atomic E-state index is 13.0. The molecule has 1 amide bonds. The lowest BCUT2D eigenvalue weighted by Gasteiger charge is -2.56. The fraction of sp³-hybridized carbons (Fsp3) is 0.409.